The summed E-state index contributed by atoms with van der Waals surface area (Å²) in [5.74, 6) is 0.610. The zero-order valence-corrected chi connectivity index (χ0v) is 12.8. The van der Waals surface area contributed by atoms with Crippen LogP contribution in [0.5, 0.6) is 0 Å². The zero-order chi connectivity index (χ0) is 13.9. The van der Waals surface area contributed by atoms with E-state index in [1.54, 1.807) is 0 Å². The van der Waals surface area contributed by atoms with Gasteiger partial charge in [0.15, 0.2) is 0 Å². The molecule has 19 heavy (non-hydrogen) atoms. The lowest BCUT2D eigenvalue weighted by Crippen LogP contribution is -2.62. The molecule has 2 N–H and O–H groups in total. The summed E-state index contributed by atoms with van der Waals surface area (Å²) in [5, 5.41) is 0. The van der Waals surface area contributed by atoms with Crippen molar-refractivity contribution >= 4 is 9.84 Å². The van der Waals surface area contributed by atoms with Crippen LogP contribution in [0.2, 0.25) is 0 Å². The molecule has 0 bridgehead atoms. The molecule has 0 saturated carbocycles. The SMILES string of the molecule is CCCN1CCN(C2(CN)CCS(=O)(=O)CC2)CC1. The Morgan fingerprint density at radius 3 is 2.16 bits per heavy atom. The van der Waals surface area contributed by atoms with E-state index in [-0.39, 0.29) is 5.54 Å². The maximum atomic E-state index is 11.6. The Hall–Kier alpha value is -0.170. The van der Waals surface area contributed by atoms with Crippen molar-refractivity contribution in [3.63, 3.8) is 0 Å². The number of nitrogens with two attached hydrogens (primary N) is 1. The number of sulfone groups is 1. The summed E-state index contributed by atoms with van der Waals surface area (Å²) < 4.78 is 23.2. The first-order valence-corrected chi connectivity index (χ1v) is 9.21. The Kier molecular flexibility index (Phi) is 4.87. The summed E-state index contributed by atoms with van der Waals surface area (Å²) in [6, 6.07) is 0. The van der Waals surface area contributed by atoms with Gasteiger partial charge in [0, 0.05) is 38.3 Å². The first kappa shape index (κ1) is 15.2. The smallest absolute Gasteiger partial charge is 0.150 e. The average molecular weight is 289 g/mol. The summed E-state index contributed by atoms with van der Waals surface area (Å²) in [6.45, 7) is 8.17. The van der Waals surface area contributed by atoms with Crippen LogP contribution in [0.15, 0.2) is 0 Å². The van der Waals surface area contributed by atoms with Crippen LogP contribution in [0.25, 0.3) is 0 Å². The maximum absolute atomic E-state index is 11.6. The molecule has 0 spiro atoms. The normalized spacial score (nSPS) is 28.3. The van der Waals surface area contributed by atoms with Crippen molar-refractivity contribution < 1.29 is 8.42 Å². The highest BCUT2D eigenvalue weighted by Crippen LogP contribution is 2.30. The third-order valence-electron chi connectivity index (χ3n) is 4.72. The van der Waals surface area contributed by atoms with Gasteiger partial charge in [0.1, 0.15) is 9.84 Å². The number of nitrogens with zero attached hydrogens (tertiary/aromatic N) is 2. The molecule has 112 valence electrons. The molecule has 0 aromatic carbocycles. The quantitative estimate of drug-likeness (QED) is 0.784. The Morgan fingerprint density at radius 1 is 1.11 bits per heavy atom. The Bertz CT molecular complexity index is 375. The number of hydrogen-bond donors (Lipinski definition) is 1. The fourth-order valence-corrected chi connectivity index (χ4v) is 4.92. The van der Waals surface area contributed by atoms with Crippen molar-refractivity contribution in [1.82, 2.24) is 9.80 Å². The van der Waals surface area contributed by atoms with Gasteiger partial charge in [-0.3, -0.25) is 4.90 Å². The van der Waals surface area contributed by atoms with E-state index in [9.17, 15) is 8.42 Å². The number of rotatable bonds is 4. The third kappa shape index (κ3) is 3.48. The second-order valence-corrected chi connectivity index (χ2v) is 8.21. The van der Waals surface area contributed by atoms with E-state index in [0.29, 0.717) is 30.9 Å². The standard InChI is InChI=1S/C13H27N3O2S/c1-2-5-15-6-8-16(9-7-15)13(12-14)3-10-19(17,18)11-4-13/h2-12,14H2,1H3. The molecule has 5 nitrogen and oxygen atoms in total. The predicted molar refractivity (Wildman–Crippen MR) is 78.0 cm³/mol. The number of hydrogen-bond acceptors (Lipinski definition) is 5. The van der Waals surface area contributed by atoms with Crippen LogP contribution >= 0.6 is 0 Å². The molecule has 2 aliphatic heterocycles. The maximum Gasteiger partial charge on any atom is 0.150 e. The van der Waals surface area contributed by atoms with Crippen molar-refractivity contribution in [2.45, 2.75) is 31.7 Å². The predicted octanol–water partition coefficient (Wildman–Crippen LogP) is -0.0799. The lowest BCUT2D eigenvalue weighted by molar-refractivity contribution is 0.0297. The third-order valence-corrected chi connectivity index (χ3v) is 6.37. The molecule has 2 aliphatic rings. The van der Waals surface area contributed by atoms with Gasteiger partial charge in [-0.15, -0.1) is 0 Å². The van der Waals surface area contributed by atoms with E-state index >= 15 is 0 Å². The molecule has 0 aliphatic carbocycles. The van der Waals surface area contributed by atoms with Crippen LogP contribution in [0.1, 0.15) is 26.2 Å². The molecule has 0 aromatic heterocycles. The Balaban J connectivity index is 1.96. The summed E-state index contributed by atoms with van der Waals surface area (Å²) in [7, 11) is -2.81. The number of piperazine rings is 1. The average Bonchev–Trinajstić information content (AvgIpc) is 2.41. The van der Waals surface area contributed by atoms with Crippen LogP contribution in [-0.2, 0) is 9.84 Å². The minimum Gasteiger partial charge on any atom is -0.329 e. The highest BCUT2D eigenvalue weighted by Gasteiger charge is 2.41. The lowest BCUT2D eigenvalue weighted by atomic mass is 9.89. The second-order valence-electron chi connectivity index (χ2n) is 5.91. The van der Waals surface area contributed by atoms with Gasteiger partial charge in [0.2, 0.25) is 0 Å². The molecular weight excluding hydrogens is 262 g/mol. The van der Waals surface area contributed by atoms with Crippen molar-refractivity contribution in [3.05, 3.63) is 0 Å². The van der Waals surface area contributed by atoms with Gasteiger partial charge in [0.05, 0.1) is 11.5 Å². The highest BCUT2D eigenvalue weighted by atomic mass is 32.2. The lowest BCUT2D eigenvalue weighted by Gasteiger charge is -2.49. The molecule has 0 unspecified atom stereocenters. The zero-order valence-electron chi connectivity index (χ0n) is 12.0. The minimum absolute atomic E-state index is 0.0658. The van der Waals surface area contributed by atoms with E-state index in [1.165, 1.54) is 6.42 Å². The summed E-state index contributed by atoms with van der Waals surface area (Å²) >= 11 is 0. The van der Waals surface area contributed by atoms with E-state index in [4.69, 9.17) is 5.73 Å². The molecular formula is C13H27N3O2S. The monoisotopic (exact) mass is 289 g/mol. The first-order valence-electron chi connectivity index (χ1n) is 7.39. The Labute approximate surface area is 117 Å². The molecule has 0 amide bonds. The van der Waals surface area contributed by atoms with Gasteiger partial charge >= 0.3 is 0 Å². The van der Waals surface area contributed by atoms with Gasteiger partial charge in [0.25, 0.3) is 0 Å². The topological polar surface area (TPSA) is 66.6 Å². The highest BCUT2D eigenvalue weighted by molar-refractivity contribution is 7.91. The van der Waals surface area contributed by atoms with Crippen molar-refractivity contribution in [2.75, 3.05) is 50.8 Å². The fourth-order valence-electron chi connectivity index (χ4n) is 3.33. The van der Waals surface area contributed by atoms with Crippen LogP contribution in [0.3, 0.4) is 0 Å². The molecule has 0 radical (unpaired) electrons. The van der Waals surface area contributed by atoms with E-state index in [2.05, 4.69) is 16.7 Å². The fraction of sp³-hybridized carbons (Fsp3) is 1.00. The van der Waals surface area contributed by atoms with E-state index < -0.39 is 9.84 Å². The summed E-state index contributed by atoms with van der Waals surface area (Å²) in [6.07, 6.45) is 2.61. The minimum atomic E-state index is -2.81. The summed E-state index contributed by atoms with van der Waals surface area (Å²) in [5.41, 5.74) is 5.94. The van der Waals surface area contributed by atoms with Gasteiger partial charge in [-0.2, -0.15) is 0 Å². The molecule has 0 aromatic rings. The van der Waals surface area contributed by atoms with Crippen LogP contribution in [-0.4, -0.2) is 74.5 Å². The van der Waals surface area contributed by atoms with Gasteiger partial charge < -0.3 is 10.6 Å². The van der Waals surface area contributed by atoms with Crippen LogP contribution < -0.4 is 5.73 Å². The van der Waals surface area contributed by atoms with Crippen LogP contribution in [0, 0.1) is 0 Å². The van der Waals surface area contributed by atoms with E-state index in [0.717, 1.165) is 32.7 Å². The molecule has 6 heteroatoms. The van der Waals surface area contributed by atoms with Gasteiger partial charge in [-0.05, 0) is 25.8 Å². The van der Waals surface area contributed by atoms with Crippen molar-refractivity contribution in [2.24, 2.45) is 5.73 Å². The molecule has 2 rings (SSSR count). The van der Waals surface area contributed by atoms with Crippen LogP contribution in [0.4, 0.5) is 0 Å². The first-order chi connectivity index (χ1) is 9.01. The molecule has 2 heterocycles. The molecule has 0 atom stereocenters. The molecule has 2 fully saturated rings. The molecule has 2 saturated heterocycles. The summed E-state index contributed by atoms with van der Waals surface area (Å²) in [4.78, 5) is 4.94. The largest absolute Gasteiger partial charge is 0.329 e. The van der Waals surface area contributed by atoms with Crippen molar-refractivity contribution in [1.29, 1.82) is 0 Å². The van der Waals surface area contributed by atoms with Gasteiger partial charge in [-0.1, -0.05) is 6.92 Å². The van der Waals surface area contributed by atoms with Crippen molar-refractivity contribution in [3.8, 4) is 0 Å². The van der Waals surface area contributed by atoms with Gasteiger partial charge in [-0.25, -0.2) is 8.42 Å². The van der Waals surface area contributed by atoms with E-state index in [1.807, 2.05) is 0 Å². The Morgan fingerprint density at radius 2 is 1.68 bits per heavy atom. The second kappa shape index (κ2) is 6.08.